The molecule has 0 saturated carbocycles. The smallest absolute Gasteiger partial charge is 0.173 e. The fourth-order valence-corrected chi connectivity index (χ4v) is 1.89. The number of methoxy groups -OCH3 is 1. The minimum absolute atomic E-state index is 0.769. The van der Waals surface area contributed by atoms with E-state index in [0.717, 1.165) is 35.1 Å². The van der Waals surface area contributed by atoms with Gasteiger partial charge >= 0.3 is 0 Å². The number of nitrogens with one attached hydrogen (secondary N) is 1. The Morgan fingerprint density at radius 1 is 1.32 bits per heavy atom. The van der Waals surface area contributed by atoms with Crippen LogP contribution in [-0.2, 0) is 0 Å². The van der Waals surface area contributed by atoms with E-state index in [9.17, 15) is 0 Å². The minimum atomic E-state index is 0.769. The third-order valence-electron chi connectivity index (χ3n) is 3.22. The lowest BCUT2D eigenvalue weighted by Gasteiger charge is -2.07. The SMILES string of the molecule is CC/C(C)=C1/NC(c2ccc(OC)cc2)=NC1=NC. The number of amidine groups is 2. The summed E-state index contributed by atoms with van der Waals surface area (Å²) in [5, 5.41) is 3.35. The molecule has 0 saturated heterocycles. The zero-order valence-electron chi connectivity index (χ0n) is 11.8. The molecule has 4 heteroatoms. The molecule has 0 bridgehead atoms. The van der Waals surface area contributed by atoms with Crippen molar-refractivity contribution in [3.8, 4) is 5.75 Å². The van der Waals surface area contributed by atoms with Crippen molar-refractivity contribution in [1.29, 1.82) is 0 Å². The fraction of sp³-hybridized carbons (Fsp3) is 0.333. The van der Waals surface area contributed by atoms with Crippen LogP contribution in [0.1, 0.15) is 25.8 Å². The highest BCUT2D eigenvalue weighted by molar-refractivity contribution is 6.19. The maximum Gasteiger partial charge on any atom is 0.173 e. The van der Waals surface area contributed by atoms with Gasteiger partial charge in [-0.1, -0.05) is 6.92 Å². The van der Waals surface area contributed by atoms with Crippen LogP contribution in [0.2, 0.25) is 0 Å². The van der Waals surface area contributed by atoms with Crippen LogP contribution in [0.4, 0.5) is 0 Å². The number of aliphatic imine (C=N–C) groups is 2. The molecule has 1 aliphatic heterocycles. The van der Waals surface area contributed by atoms with E-state index in [1.807, 2.05) is 24.3 Å². The standard InChI is InChI=1S/C15H19N3O/c1-5-10(2)13-15(16-3)18-14(17-13)11-6-8-12(19-4)9-7-11/h6-9H,5H2,1-4H3,(H,16,17,18)/b13-10+. The average Bonchev–Trinajstić information content (AvgIpc) is 2.90. The fourth-order valence-electron chi connectivity index (χ4n) is 1.89. The molecule has 2 rings (SSSR count). The summed E-state index contributed by atoms with van der Waals surface area (Å²) < 4.78 is 5.16. The van der Waals surface area contributed by atoms with E-state index in [0.29, 0.717) is 0 Å². The van der Waals surface area contributed by atoms with E-state index in [-0.39, 0.29) is 0 Å². The third kappa shape index (κ3) is 2.67. The molecule has 4 nitrogen and oxygen atoms in total. The Kier molecular flexibility index (Phi) is 4.00. The first-order valence-corrected chi connectivity index (χ1v) is 6.36. The number of benzene rings is 1. The molecule has 0 aromatic heterocycles. The molecule has 1 aromatic carbocycles. The van der Waals surface area contributed by atoms with Gasteiger partial charge in [0.1, 0.15) is 11.6 Å². The Morgan fingerprint density at radius 2 is 2.00 bits per heavy atom. The lowest BCUT2D eigenvalue weighted by Crippen LogP contribution is -2.20. The molecule has 0 amide bonds. The lowest BCUT2D eigenvalue weighted by atomic mass is 10.1. The van der Waals surface area contributed by atoms with E-state index >= 15 is 0 Å². The van der Waals surface area contributed by atoms with Crippen molar-refractivity contribution in [1.82, 2.24) is 5.32 Å². The summed E-state index contributed by atoms with van der Waals surface area (Å²) in [6, 6.07) is 7.83. The van der Waals surface area contributed by atoms with Gasteiger partial charge in [-0.05, 0) is 43.2 Å². The molecule has 100 valence electrons. The summed E-state index contributed by atoms with van der Waals surface area (Å²) in [5.41, 5.74) is 3.31. The van der Waals surface area contributed by atoms with E-state index in [1.54, 1.807) is 14.2 Å². The summed E-state index contributed by atoms with van der Waals surface area (Å²) in [5.74, 6) is 2.45. The second kappa shape index (κ2) is 5.69. The molecule has 1 aromatic rings. The molecular formula is C15H19N3O. The maximum atomic E-state index is 5.16. The zero-order chi connectivity index (χ0) is 13.8. The van der Waals surface area contributed by atoms with Crippen molar-refractivity contribution >= 4 is 11.7 Å². The van der Waals surface area contributed by atoms with Crippen LogP contribution in [0.15, 0.2) is 45.5 Å². The highest BCUT2D eigenvalue weighted by atomic mass is 16.5. The zero-order valence-corrected chi connectivity index (χ0v) is 11.8. The van der Waals surface area contributed by atoms with Gasteiger partial charge in [0.25, 0.3) is 0 Å². The summed E-state index contributed by atoms with van der Waals surface area (Å²) in [4.78, 5) is 8.77. The van der Waals surface area contributed by atoms with Crippen molar-refractivity contribution in [3.63, 3.8) is 0 Å². The van der Waals surface area contributed by atoms with Gasteiger partial charge in [0.15, 0.2) is 5.84 Å². The van der Waals surface area contributed by atoms with E-state index in [4.69, 9.17) is 4.74 Å². The molecule has 1 heterocycles. The van der Waals surface area contributed by atoms with Crippen LogP contribution >= 0.6 is 0 Å². The molecule has 19 heavy (non-hydrogen) atoms. The normalized spacial score (nSPS) is 19.2. The monoisotopic (exact) mass is 257 g/mol. The Balaban J connectivity index is 2.32. The van der Waals surface area contributed by atoms with Crippen LogP contribution in [0, 0.1) is 0 Å². The Hall–Kier alpha value is -2.10. The van der Waals surface area contributed by atoms with Crippen molar-refractivity contribution in [2.24, 2.45) is 9.98 Å². The van der Waals surface area contributed by atoms with E-state index < -0.39 is 0 Å². The maximum absolute atomic E-state index is 5.16. The summed E-state index contributed by atoms with van der Waals surface area (Å²) >= 11 is 0. The van der Waals surface area contributed by atoms with Crippen molar-refractivity contribution in [2.45, 2.75) is 20.3 Å². The summed E-state index contributed by atoms with van der Waals surface area (Å²) in [7, 11) is 3.42. The Bertz CT molecular complexity index is 553. The second-order valence-electron chi connectivity index (χ2n) is 4.37. The molecule has 0 fully saturated rings. The number of allylic oxidation sites excluding steroid dienone is 1. The van der Waals surface area contributed by atoms with Gasteiger partial charge in [-0.15, -0.1) is 0 Å². The van der Waals surface area contributed by atoms with Crippen LogP contribution in [0.25, 0.3) is 0 Å². The lowest BCUT2D eigenvalue weighted by molar-refractivity contribution is 0.415. The molecule has 0 radical (unpaired) electrons. The number of hydrogen-bond acceptors (Lipinski definition) is 3. The number of hydrogen-bond donors (Lipinski definition) is 1. The van der Waals surface area contributed by atoms with Gasteiger partial charge in [-0.25, -0.2) is 4.99 Å². The molecule has 1 aliphatic rings. The Morgan fingerprint density at radius 3 is 2.53 bits per heavy atom. The van der Waals surface area contributed by atoms with Crippen molar-refractivity contribution in [2.75, 3.05) is 14.2 Å². The van der Waals surface area contributed by atoms with Crippen LogP contribution < -0.4 is 10.1 Å². The number of ether oxygens (including phenoxy) is 1. The molecule has 0 aliphatic carbocycles. The quantitative estimate of drug-likeness (QED) is 0.905. The van der Waals surface area contributed by atoms with Gasteiger partial charge in [0, 0.05) is 12.6 Å². The predicted octanol–water partition coefficient (Wildman–Crippen LogP) is 2.76. The molecule has 1 N–H and O–H groups in total. The van der Waals surface area contributed by atoms with Gasteiger partial charge in [0.05, 0.1) is 12.8 Å². The van der Waals surface area contributed by atoms with Gasteiger partial charge < -0.3 is 10.1 Å². The highest BCUT2D eigenvalue weighted by Crippen LogP contribution is 2.18. The predicted molar refractivity (Wildman–Crippen MR) is 79.0 cm³/mol. The number of nitrogens with zero attached hydrogens (tertiary/aromatic N) is 2. The van der Waals surface area contributed by atoms with Crippen molar-refractivity contribution < 1.29 is 4.74 Å². The first kappa shape index (κ1) is 13.3. The second-order valence-corrected chi connectivity index (χ2v) is 4.37. The first-order chi connectivity index (χ1) is 9.19. The molecular weight excluding hydrogens is 238 g/mol. The first-order valence-electron chi connectivity index (χ1n) is 6.36. The largest absolute Gasteiger partial charge is 0.497 e. The van der Waals surface area contributed by atoms with Crippen molar-refractivity contribution in [3.05, 3.63) is 41.1 Å². The Labute approximate surface area is 113 Å². The number of rotatable bonds is 3. The topological polar surface area (TPSA) is 46.0 Å². The average molecular weight is 257 g/mol. The summed E-state index contributed by atoms with van der Waals surface area (Å²) in [6.45, 7) is 4.22. The van der Waals surface area contributed by atoms with Crippen LogP contribution in [-0.4, -0.2) is 25.8 Å². The third-order valence-corrected chi connectivity index (χ3v) is 3.22. The molecule has 0 atom stereocenters. The molecule has 0 spiro atoms. The van der Waals surface area contributed by atoms with Crippen LogP contribution in [0.5, 0.6) is 5.75 Å². The minimum Gasteiger partial charge on any atom is -0.497 e. The van der Waals surface area contributed by atoms with E-state index in [1.165, 1.54) is 5.57 Å². The van der Waals surface area contributed by atoms with E-state index in [2.05, 4.69) is 29.1 Å². The van der Waals surface area contributed by atoms with Gasteiger partial charge in [0.2, 0.25) is 0 Å². The van der Waals surface area contributed by atoms with Gasteiger partial charge in [-0.2, -0.15) is 0 Å². The van der Waals surface area contributed by atoms with Crippen LogP contribution in [0.3, 0.4) is 0 Å². The summed E-state index contributed by atoms with van der Waals surface area (Å²) in [6.07, 6.45) is 0.979. The molecule has 0 unspecified atom stereocenters. The highest BCUT2D eigenvalue weighted by Gasteiger charge is 2.20. The van der Waals surface area contributed by atoms with Gasteiger partial charge in [-0.3, -0.25) is 4.99 Å².